The molecule has 1 nitrogen and oxygen atoms in total. The summed E-state index contributed by atoms with van der Waals surface area (Å²) in [7, 11) is 0. The third-order valence-electron chi connectivity index (χ3n) is 1.42. The third-order valence-corrected chi connectivity index (χ3v) is 1.86. The van der Waals surface area contributed by atoms with Crippen LogP contribution in [0.5, 0.6) is 0 Å². The van der Waals surface area contributed by atoms with Crippen molar-refractivity contribution in [1.29, 1.82) is 0 Å². The molecular formula is C9H7Cl2N. The number of halogens is 2. The number of rotatable bonds is 1. The maximum atomic E-state index is 5.74. The molecule has 0 saturated heterocycles. The second-order valence-corrected chi connectivity index (χ2v) is 3.22. The molecule has 1 atom stereocenters. The van der Waals surface area contributed by atoms with Gasteiger partial charge in [-0.2, -0.15) is 0 Å². The summed E-state index contributed by atoms with van der Waals surface area (Å²) in [5.74, 6) is 2.40. The highest BCUT2D eigenvalue weighted by molar-refractivity contribution is 6.34. The maximum Gasteiger partial charge on any atom is 0.0919 e. The van der Waals surface area contributed by atoms with Gasteiger partial charge in [0.25, 0.3) is 0 Å². The topological polar surface area (TPSA) is 26.0 Å². The van der Waals surface area contributed by atoms with Crippen molar-refractivity contribution in [3.05, 3.63) is 33.8 Å². The van der Waals surface area contributed by atoms with E-state index in [-0.39, 0.29) is 0 Å². The molecule has 12 heavy (non-hydrogen) atoms. The highest BCUT2D eigenvalue weighted by Gasteiger charge is 2.03. The second kappa shape index (κ2) is 3.82. The molecule has 2 N–H and O–H groups in total. The van der Waals surface area contributed by atoms with E-state index in [0.29, 0.717) is 10.0 Å². The summed E-state index contributed by atoms with van der Waals surface area (Å²) in [6, 6.07) is 4.60. The largest absolute Gasteiger partial charge is 0.314 e. The van der Waals surface area contributed by atoms with Crippen molar-refractivity contribution in [2.75, 3.05) is 0 Å². The van der Waals surface area contributed by atoms with E-state index in [9.17, 15) is 0 Å². The fraction of sp³-hybridized carbons (Fsp3) is 0.111. The summed E-state index contributed by atoms with van der Waals surface area (Å²) in [5.41, 5.74) is 6.34. The molecule has 1 unspecified atom stereocenters. The standard InChI is InChI=1S/C9H7Cl2N/c1-2-9(12)6-3-7(10)5-8(11)4-6/h1,3-5,9H,12H2. The summed E-state index contributed by atoms with van der Waals surface area (Å²) < 4.78 is 0. The van der Waals surface area contributed by atoms with Gasteiger partial charge in [0.15, 0.2) is 0 Å². The molecule has 1 aromatic carbocycles. The van der Waals surface area contributed by atoms with Crippen LogP contribution in [0.1, 0.15) is 11.6 Å². The smallest absolute Gasteiger partial charge is 0.0919 e. The van der Waals surface area contributed by atoms with Crippen molar-refractivity contribution in [3.63, 3.8) is 0 Å². The molecule has 1 rings (SSSR count). The van der Waals surface area contributed by atoms with Crippen LogP contribution >= 0.6 is 23.2 Å². The summed E-state index contributed by atoms with van der Waals surface area (Å²) in [6.45, 7) is 0. The lowest BCUT2D eigenvalue weighted by Crippen LogP contribution is -2.06. The van der Waals surface area contributed by atoms with Crippen LogP contribution in [-0.4, -0.2) is 0 Å². The molecule has 0 spiro atoms. The molecular weight excluding hydrogens is 193 g/mol. The molecule has 3 heteroatoms. The van der Waals surface area contributed by atoms with Crippen molar-refractivity contribution in [1.82, 2.24) is 0 Å². The first-order chi connectivity index (χ1) is 5.63. The Morgan fingerprint density at radius 1 is 1.25 bits per heavy atom. The van der Waals surface area contributed by atoms with Gasteiger partial charge in [-0.15, -0.1) is 6.42 Å². The zero-order valence-electron chi connectivity index (χ0n) is 6.22. The third kappa shape index (κ3) is 2.15. The van der Waals surface area contributed by atoms with Gasteiger partial charge in [-0.05, 0) is 23.8 Å². The van der Waals surface area contributed by atoms with Crippen LogP contribution in [0.25, 0.3) is 0 Å². The molecule has 0 aliphatic rings. The SMILES string of the molecule is C#CC(N)c1cc(Cl)cc(Cl)c1. The van der Waals surface area contributed by atoms with E-state index in [1.54, 1.807) is 18.2 Å². The predicted molar refractivity (Wildman–Crippen MR) is 52.2 cm³/mol. The van der Waals surface area contributed by atoms with Crippen LogP contribution in [0.15, 0.2) is 18.2 Å². The van der Waals surface area contributed by atoms with Crippen molar-refractivity contribution >= 4 is 23.2 Å². The monoisotopic (exact) mass is 199 g/mol. The molecule has 0 aliphatic carbocycles. The number of benzene rings is 1. The Hall–Kier alpha value is -0.680. The van der Waals surface area contributed by atoms with Gasteiger partial charge in [-0.25, -0.2) is 0 Å². The van der Waals surface area contributed by atoms with Crippen LogP contribution in [0.3, 0.4) is 0 Å². The average molecular weight is 200 g/mol. The quantitative estimate of drug-likeness (QED) is 0.692. The summed E-state index contributed by atoms with van der Waals surface area (Å²) in [6.07, 6.45) is 5.14. The molecule has 0 amide bonds. The Kier molecular flexibility index (Phi) is 2.99. The zero-order valence-corrected chi connectivity index (χ0v) is 7.73. The molecule has 0 heterocycles. The van der Waals surface area contributed by atoms with E-state index in [4.69, 9.17) is 35.4 Å². The Morgan fingerprint density at radius 2 is 1.75 bits per heavy atom. The van der Waals surface area contributed by atoms with Gasteiger partial charge in [-0.3, -0.25) is 0 Å². The molecule has 62 valence electrons. The summed E-state index contributed by atoms with van der Waals surface area (Å²) in [5, 5.41) is 1.09. The number of nitrogens with two attached hydrogens (primary N) is 1. The second-order valence-electron chi connectivity index (χ2n) is 2.35. The first-order valence-corrected chi connectivity index (χ1v) is 4.07. The number of hydrogen-bond acceptors (Lipinski definition) is 1. The molecule has 0 fully saturated rings. The minimum atomic E-state index is -0.443. The highest BCUT2D eigenvalue weighted by atomic mass is 35.5. The van der Waals surface area contributed by atoms with Crippen LogP contribution in [0.2, 0.25) is 10.0 Å². The van der Waals surface area contributed by atoms with E-state index < -0.39 is 6.04 Å². The molecule has 0 aliphatic heterocycles. The van der Waals surface area contributed by atoms with Crippen molar-refractivity contribution < 1.29 is 0 Å². The number of terminal acetylenes is 1. The van der Waals surface area contributed by atoms with E-state index in [1.807, 2.05) is 0 Å². The van der Waals surface area contributed by atoms with Gasteiger partial charge >= 0.3 is 0 Å². The van der Waals surface area contributed by atoms with Gasteiger partial charge in [0.1, 0.15) is 0 Å². The first kappa shape index (κ1) is 9.41. The van der Waals surface area contributed by atoms with Crippen molar-refractivity contribution in [3.8, 4) is 12.3 Å². The first-order valence-electron chi connectivity index (χ1n) is 3.31. The van der Waals surface area contributed by atoms with Crippen LogP contribution in [0.4, 0.5) is 0 Å². The molecule has 0 bridgehead atoms. The summed E-state index contributed by atoms with van der Waals surface area (Å²) in [4.78, 5) is 0. The van der Waals surface area contributed by atoms with Crippen LogP contribution in [-0.2, 0) is 0 Å². The van der Waals surface area contributed by atoms with E-state index in [2.05, 4.69) is 5.92 Å². The zero-order chi connectivity index (χ0) is 9.14. The van der Waals surface area contributed by atoms with Crippen molar-refractivity contribution in [2.45, 2.75) is 6.04 Å². The fourth-order valence-corrected chi connectivity index (χ4v) is 1.39. The fourth-order valence-electron chi connectivity index (χ4n) is 0.851. The van der Waals surface area contributed by atoms with E-state index in [1.165, 1.54) is 0 Å². The predicted octanol–water partition coefficient (Wildman–Crippen LogP) is 2.63. The van der Waals surface area contributed by atoms with Crippen LogP contribution < -0.4 is 5.73 Å². The van der Waals surface area contributed by atoms with Gasteiger partial charge in [-0.1, -0.05) is 29.1 Å². The van der Waals surface area contributed by atoms with E-state index >= 15 is 0 Å². The normalized spacial score (nSPS) is 12.2. The Bertz CT molecular complexity index is 308. The Balaban J connectivity index is 3.10. The van der Waals surface area contributed by atoms with Crippen molar-refractivity contribution in [2.24, 2.45) is 5.73 Å². The van der Waals surface area contributed by atoms with Crippen LogP contribution in [0, 0.1) is 12.3 Å². The number of hydrogen-bond donors (Lipinski definition) is 1. The lowest BCUT2D eigenvalue weighted by atomic mass is 10.1. The molecule has 1 aromatic rings. The lowest BCUT2D eigenvalue weighted by molar-refractivity contribution is 0.947. The maximum absolute atomic E-state index is 5.74. The van der Waals surface area contributed by atoms with Gasteiger partial charge in [0.05, 0.1) is 6.04 Å². The highest BCUT2D eigenvalue weighted by Crippen LogP contribution is 2.21. The minimum absolute atomic E-state index is 0.443. The van der Waals surface area contributed by atoms with Gasteiger partial charge < -0.3 is 5.73 Å². The van der Waals surface area contributed by atoms with Gasteiger partial charge in [0.2, 0.25) is 0 Å². The Morgan fingerprint density at radius 3 is 2.17 bits per heavy atom. The average Bonchev–Trinajstić information content (AvgIpc) is 2.01. The molecule has 0 saturated carbocycles. The lowest BCUT2D eigenvalue weighted by Gasteiger charge is -2.05. The molecule has 0 aromatic heterocycles. The van der Waals surface area contributed by atoms with Gasteiger partial charge in [0, 0.05) is 10.0 Å². The Labute approximate surface area is 81.5 Å². The molecule has 0 radical (unpaired) electrons. The minimum Gasteiger partial charge on any atom is -0.314 e. The summed E-state index contributed by atoms with van der Waals surface area (Å²) >= 11 is 11.5. The van der Waals surface area contributed by atoms with E-state index in [0.717, 1.165) is 5.56 Å².